The molecular formula is C12H18BrNOS. The minimum absolute atomic E-state index is 0.158. The zero-order valence-corrected chi connectivity index (χ0v) is 12.0. The molecule has 1 aromatic heterocycles. The van der Waals surface area contributed by atoms with Gasteiger partial charge in [-0.2, -0.15) is 0 Å². The third-order valence-electron chi connectivity index (χ3n) is 3.47. The molecule has 1 aliphatic rings. The van der Waals surface area contributed by atoms with Crippen LogP contribution in [0.4, 0.5) is 0 Å². The van der Waals surface area contributed by atoms with Crippen LogP contribution in [-0.4, -0.2) is 29.7 Å². The molecular weight excluding hydrogens is 286 g/mol. The molecule has 1 aliphatic heterocycles. The molecule has 0 amide bonds. The van der Waals surface area contributed by atoms with E-state index in [9.17, 15) is 5.11 Å². The van der Waals surface area contributed by atoms with Gasteiger partial charge >= 0.3 is 0 Å². The molecule has 0 aliphatic carbocycles. The van der Waals surface area contributed by atoms with Crippen LogP contribution in [0.1, 0.15) is 25.3 Å². The highest BCUT2D eigenvalue weighted by atomic mass is 79.9. The summed E-state index contributed by atoms with van der Waals surface area (Å²) in [5.74, 6) is 0. The number of likely N-dealkylation sites (tertiary alicyclic amines) is 1. The predicted molar refractivity (Wildman–Crippen MR) is 71.7 cm³/mol. The van der Waals surface area contributed by atoms with Gasteiger partial charge in [-0.25, -0.2) is 0 Å². The van der Waals surface area contributed by atoms with Crippen molar-refractivity contribution in [1.29, 1.82) is 0 Å². The van der Waals surface area contributed by atoms with Crippen molar-refractivity contribution in [1.82, 2.24) is 4.90 Å². The fraction of sp³-hybridized carbons (Fsp3) is 0.667. The van der Waals surface area contributed by atoms with E-state index in [4.69, 9.17) is 0 Å². The number of piperidine rings is 1. The summed E-state index contributed by atoms with van der Waals surface area (Å²) in [5, 5.41) is 11.5. The average molecular weight is 304 g/mol. The van der Waals surface area contributed by atoms with Gasteiger partial charge in [-0.3, -0.25) is 4.90 Å². The van der Waals surface area contributed by atoms with E-state index in [2.05, 4.69) is 39.2 Å². The molecule has 1 fully saturated rings. The van der Waals surface area contributed by atoms with Crippen LogP contribution in [0.25, 0.3) is 0 Å². The van der Waals surface area contributed by atoms with E-state index in [1.165, 1.54) is 9.35 Å². The summed E-state index contributed by atoms with van der Waals surface area (Å²) in [6.45, 7) is 5.76. The Kier molecular flexibility index (Phi) is 4.06. The number of hydrogen-bond acceptors (Lipinski definition) is 3. The van der Waals surface area contributed by atoms with Crippen molar-refractivity contribution in [3.05, 3.63) is 20.8 Å². The van der Waals surface area contributed by atoms with E-state index in [-0.39, 0.29) is 5.41 Å². The van der Waals surface area contributed by atoms with Gasteiger partial charge in [0.2, 0.25) is 0 Å². The lowest BCUT2D eigenvalue weighted by Gasteiger charge is -2.38. The predicted octanol–water partition coefficient (Wildman–Crippen LogP) is 3.11. The topological polar surface area (TPSA) is 23.5 Å². The van der Waals surface area contributed by atoms with Gasteiger partial charge in [0.05, 0.1) is 3.79 Å². The smallest absolute Gasteiger partial charge is 0.0701 e. The fourth-order valence-corrected chi connectivity index (χ4v) is 3.30. The second-order valence-electron chi connectivity index (χ2n) is 5.00. The molecule has 1 saturated heterocycles. The van der Waals surface area contributed by atoms with E-state index in [1.54, 1.807) is 11.3 Å². The minimum Gasteiger partial charge on any atom is -0.396 e. The summed E-state index contributed by atoms with van der Waals surface area (Å²) in [5.41, 5.74) is 1.55. The van der Waals surface area contributed by atoms with Crippen molar-refractivity contribution < 1.29 is 5.11 Å². The van der Waals surface area contributed by atoms with Gasteiger partial charge in [0.25, 0.3) is 0 Å². The minimum atomic E-state index is 0.158. The Labute approximate surface area is 109 Å². The molecule has 90 valence electrons. The molecule has 2 nitrogen and oxygen atoms in total. The zero-order chi connectivity index (χ0) is 11.6. The number of rotatable bonds is 3. The number of hydrogen-bond donors (Lipinski definition) is 1. The molecule has 1 N–H and O–H groups in total. The molecule has 2 heterocycles. The first-order valence-corrected chi connectivity index (χ1v) is 7.35. The first-order chi connectivity index (χ1) is 7.61. The Hall–Kier alpha value is 0.100. The lowest BCUT2D eigenvalue weighted by atomic mass is 9.81. The third-order valence-corrected chi connectivity index (χ3v) is 5.03. The number of halogens is 1. The van der Waals surface area contributed by atoms with Crippen LogP contribution in [0, 0.1) is 5.41 Å². The lowest BCUT2D eigenvalue weighted by Crippen LogP contribution is -2.39. The standard InChI is InChI=1S/C12H18BrNOS/c1-12(9-15)2-4-14(5-3-12)7-10-6-11(13)16-8-10/h6,8,15H,2-5,7,9H2,1H3. The van der Waals surface area contributed by atoms with Crippen LogP contribution in [0.2, 0.25) is 0 Å². The summed E-state index contributed by atoms with van der Waals surface area (Å²) < 4.78 is 1.21. The average Bonchev–Trinajstić information content (AvgIpc) is 2.68. The van der Waals surface area contributed by atoms with Crippen molar-refractivity contribution in [2.24, 2.45) is 5.41 Å². The van der Waals surface area contributed by atoms with Crippen molar-refractivity contribution in [3.63, 3.8) is 0 Å². The van der Waals surface area contributed by atoms with Gasteiger partial charge in [0.1, 0.15) is 0 Å². The molecule has 0 atom stereocenters. The van der Waals surface area contributed by atoms with E-state index in [0.29, 0.717) is 6.61 Å². The lowest BCUT2D eigenvalue weighted by molar-refractivity contribution is 0.0557. The van der Waals surface area contributed by atoms with Gasteiger partial charge in [-0.05, 0) is 64.3 Å². The van der Waals surface area contributed by atoms with E-state index in [1.807, 2.05) is 0 Å². The Bertz CT molecular complexity index is 345. The summed E-state index contributed by atoms with van der Waals surface area (Å²) in [7, 11) is 0. The number of nitrogens with zero attached hydrogens (tertiary/aromatic N) is 1. The molecule has 0 bridgehead atoms. The molecule has 0 spiro atoms. The number of aliphatic hydroxyl groups is 1. The number of aliphatic hydroxyl groups excluding tert-OH is 1. The van der Waals surface area contributed by atoms with Crippen molar-refractivity contribution in [3.8, 4) is 0 Å². The highest BCUT2D eigenvalue weighted by Gasteiger charge is 2.29. The van der Waals surface area contributed by atoms with Crippen LogP contribution in [-0.2, 0) is 6.54 Å². The van der Waals surface area contributed by atoms with Crippen LogP contribution in [0.3, 0.4) is 0 Å². The van der Waals surface area contributed by atoms with Gasteiger partial charge in [0, 0.05) is 13.2 Å². The highest BCUT2D eigenvalue weighted by Crippen LogP contribution is 2.31. The van der Waals surface area contributed by atoms with Crippen molar-refractivity contribution in [2.75, 3.05) is 19.7 Å². The molecule has 0 saturated carbocycles. The molecule has 0 unspecified atom stereocenters. The van der Waals surface area contributed by atoms with Gasteiger partial charge in [0.15, 0.2) is 0 Å². The third kappa shape index (κ3) is 3.06. The normalized spacial score (nSPS) is 21.2. The van der Waals surface area contributed by atoms with E-state index in [0.717, 1.165) is 32.5 Å². The van der Waals surface area contributed by atoms with Crippen molar-refractivity contribution >= 4 is 27.3 Å². The molecule has 16 heavy (non-hydrogen) atoms. The van der Waals surface area contributed by atoms with Crippen LogP contribution in [0.5, 0.6) is 0 Å². The van der Waals surface area contributed by atoms with Crippen molar-refractivity contribution in [2.45, 2.75) is 26.3 Å². The fourth-order valence-electron chi connectivity index (χ4n) is 2.10. The zero-order valence-electron chi connectivity index (χ0n) is 9.58. The Morgan fingerprint density at radius 3 is 2.69 bits per heavy atom. The van der Waals surface area contributed by atoms with Crippen LogP contribution < -0.4 is 0 Å². The maximum absolute atomic E-state index is 9.31. The molecule has 0 aromatic carbocycles. The first-order valence-electron chi connectivity index (χ1n) is 5.67. The van der Waals surface area contributed by atoms with Crippen LogP contribution >= 0.6 is 27.3 Å². The second-order valence-corrected chi connectivity index (χ2v) is 7.29. The summed E-state index contributed by atoms with van der Waals surface area (Å²) in [6.07, 6.45) is 2.21. The Balaban J connectivity index is 1.86. The largest absolute Gasteiger partial charge is 0.396 e. The number of thiophene rings is 1. The van der Waals surface area contributed by atoms with E-state index >= 15 is 0 Å². The maximum atomic E-state index is 9.31. The van der Waals surface area contributed by atoms with Gasteiger partial charge in [-0.1, -0.05) is 6.92 Å². The summed E-state index contributed by atoms with van der Waals surface area (Å²) >= 11 is 5.24. The second kappa shape index (κ2) is 5.17. The molecule has 1 aromatic rings. The summed E-state index contributed by atoms with van der Waals surface area (Å²) in [4.78, 5) is 2.48. The monoisotopic (exact) mass is 303 g/mol. The van der Waals surface area contributed by atoms with E-state index < -0.39 is 0 Å². The molecule has 0 radical (unpaired) electrons. The SMILES string of the molecule is CC1(CO)CCN(Cc2csc(Br)c2)CC1. The van der Waals surface area contributed by atoms with Crippen LogP contribution in [0.15, 0.2) is 15.2 Å². The molecule has 2 rings (SSSR count). The Morgan fingerprint density at radius 1 is 1.50 bits per heavy atom. The quantitative estimate of drug-likeness (QED) is 0.927. The highest BCUT2D eigenvalue weighted by molar-refractivity contribution is 9.11. The summed E-state index contributed by atoms with van der Waals surface area (Å²) in [6, 6.07) is 2.20. The Morgan fingerprint density at radius 2 is 2.19 bits per heavy atom. The maximum Gasteiger partial charge on any atom is 0.0701 e. The van der Waals surface area contributed by atoms with Gasteiger partial charge < -0.3 is 5.11 Å². The van der Waals surface area contributed by atoms with Gasteiger partial charge in [-0.15, -0.1) is 11.3 Å². The first kappa shape index (κ1) is 12.6. The molecule has 4 heteroatoms.